The van der Waals surface area contributed by atoms with Crippen LogP contribution in [-0.2, 0) is 13.0 Å². The van der Waals surface area contributed by atoms with Crippen molar-refractivity contribution in [1.29, 1.82) is 0 Å². The molecule has 0 radical (unpaired) electrons. The Bertz CT molecular complexity index is 495. The highest BCUT2D eigenvalue weighted by molar-refractivity contribution is 5.45. The Balaban J connectivity index is 2.07. The van der Waals surface area contributed by atoms with Crippen molar-refractivity contribution in [2.45, 2.75) is 13.0 Å². The van der Waals surface area contributed by atoms with Crippen LogP contribution in [0.3, 0.4) is 0 Å². The second-order valence-corrected chi connectivity index (χ2v) is 3.96. The third kappa shape index (κ3) is 1.47. The quantitative estimate of drug-likeness (QED) is 0.752. The van der Waals surface area contributed by atoms with Gasteiger partial charge in [0, 0.05) is 31.3 Å². The number of para-hydroxylation sites is 2. The second kappa shape index (κ2) is 3.64. The number of phenolic OH excluding ortho intramolecular Hbond substituents is 1. The summed E-state index contributed by atoms with van der Waals surface area (Å²) in [6.45, 7) is 1.84. The standard InChI is InChI=1S/C12H13N3O/c16-12-4-2-1-3-11(12)15-8-9-7-13-6-5-10(9)14-15/h1-4,8,13,16H,5-7H2. The molecule has 2 aromatic rings. The second-order valence-electron chi connectivity index (χ2n) is 3.96. The van der Waals surface area contributed by atoms with Crippen LogP contribution in [0, 0.1) is 0 Å². The number of aromatic hydroxyl groups is 1. The Labute approximate surface area is 93.5 Å². The van der Waals surface area contributed by atoms with Gasteiger partial charge in [0.25, 0.3) is 0 Å². The van der Waals surface area contributed by atoms with Crippen LogP contribution in [0.25, 0.3) is 5.69 Å². The summed E-state index contributed by atoms with van der Waals surface area (Å²) in [5.74, 6) is 0.260. The van der Waals surface area contributed by atoms with Crippen LogP contribution in [0.4, 0.5) is 0 Å². The Morgan fingerprint density at radius 1 is 1.31 bits per heavy atom. The molecule has 4 nitrogen and oxygen atoms in total. The summed E-state index contributed by atoms with van der Waals surface area (Å²) < 4.78 is 1.76. The van der Waals surface area contributed by atoms with Gasteiger partial charge in [-0.2, -0.15) is 5.10 Å². The lowest BCUT2D eigenvalue weighted by atomic mass is 10.1. The SMILES string of the molecule is Oc1ccccc1-n1cc2c(n1)CCNC2. The van der Waals surface area contributed by atoms with E-state index in [9.17, 15) is 5.11 Å². The molecule has 0 saturated carbocycles. The lowest BCUT2D eigenvalue weighted by molar-refractivity contribution is 0.470. The van der Waals surface area contributed by atoms with Crippen molar-refractivity contribution in [3.63, 3.8) is 0 Å². The Hall–Kier alpha value is -1.81. The third-order valence-electron chi connectivity index (χ3n) is 2.86. The van der Waals surface area contributed by atoms with Crippen molar-refractivity contribution >= 4 is 0 Å². The number of hydrogen-bond acceptors (Lipinski definition) is 3. The first kappa shape index (κ1) is 9.42. The molecule has 1 aliphatic rings. The highest BCUT2D eigenvalue weighted by Crippen LogP contribution is 2.22. The van der Waals surface area contributed by atoms with Gasteiger partial charge in [0.1, 0.15) is 11.4 Å². The van der Waals surface area contributed by atoms with Gasteiger partial charge >= 0.3 is 0 Å². The molecule has 0 unspecified atom stereocenters. The van der Waals surface area contributed by atoms with Crippen molar-refractivity contribution in [3.05, 3.63) is 41.7 Å². The fourth-order valence-electron chi connectivity index (χ4n) is 2.01. The molecule has 0 aliphatic carbocycles. The summed E-state index contributed by atoms with van der Waals surface area (Å²) in [5.41, 5.74) is 3.08. The molecule has 2 N–H and O–H groups in total. The van der Waals surface area contributed by atoms with Gasteiger partial charge in [-0.05, 0) is 12.1 Å². The number of nitrogens with zero attached hydrogens (tertiary/aromatic N) is 2. The molecule has 3 rings (SSSR count). The summed E-state index contributed by atoms with van der Waals surface area (Å²) in [6.07, 6.45) is 2.94. The van der Waals surface area contributed by atoms with Crippen molar-refractivity contribution in [3.8, 4) is 11.4 Å². The molecule has 16 heavy (non-hydrogen) atoms. The number of phenols is 1. The zero-order chi connectivity index (χ0) is 11.0. The zero-order valence-corrected chi connectivity index (χ0v) is 8.85. The topological polar surface area (TPSA) is 50.1 Å². The number of hydrogen-bond donors (Lipinski definition) is 2. The van der Waals surface area contributed by atoms with Crippen molar-refractivity contribution < 1.29 is 5.11 Å². The molecule has 1 aromatic carbocycles. The van der Waals surface area contributed by atoms with E-state index in [-0.39, 0.29) is 5.75 Å². The van der Waals surface area contributed by atoms with Gasteiger partial charge in [0.15, 0.2) is 0 Å². The molecule has 0 amide bonds. The number of benzene rings is 1. The minimum atomic E-state index is 0.260. The van der Waals surface area contributed by atoms with E-state index in [4.69, 9.17) is 0 Å². The monoisotopic (exact) mass is 215 g/mol. The third-order valence-corrected chi connectivity index (χ3v) is 2.86. The van der Waals surface area contributed by atoms with Gasteiger partial charge in [-0.3, -0.25) is 0 Å². The number of aromatic nitrogens is 2. The minimum Gasteiger partial charge on any atom is -0.506 e. The molecule has 0 fully saturated rings. The fraction of sp³-hybridized carbons (Fsp3) is 0.250. The van der Waals surface area contributed by atoms with E-state index < -0.39 is 0 Å². The summed E-state index contributed by atoms with van der Waals surface area (Å²) in [6, 6.07) is 7.24. The average Bonchev–Trinajstić information content (AvgIpc) is 2.73. The predicted octanol–water partition coefficient (Wildman–Crippen LogP) is 1.22. The number of fused-ring (bicyclic) bond motifs is 1. The van der Waals surface area contributed by atoms with Crippen molar-refractivity contribution in [2.24, 2.45) is 0 Å². The summed E-state index contributed by atoms with van der Waals surface area (Å²) in [4.78, 5) is 0. The Kier molecular flexibility index (Phi) is 2.15. The summed E-state index contributed by atoms with van der Waals surface area (Å²) >= 11 is 0. The minimum absolute atomic E-state index is 0.260. The van der Waals surface area contributed by atoms with Gasteiger partial charge < -0.3 is 10.4 Å². The molecular formula is C12H13N3O. The Morgan fingerprint density at radius 2 is 2.19 bits per heavy atom. The van der Waals surface area contributed by atoms with Crippen LogP contribution in [0.2, 0.25) is 0 Å². The van der Waals surface area contributed by atoms with E-state index in [2.05, 4.69) is 10.4 Å². The maximum absolute atomic E-state index is 9.75. The molecule has 4 heteroatoms. The normalized spacial score (nSPS) is 14.8. The van der Waals surface area contributed by atoms with Gasteiger partial charge in [0.05, 0.1) is 5.69 Å². The van der Waals surface area contributed by atoms with Crippen molar-refractivity contribution in [2.75, 3.05) is 6.54 Å². The lowest BCUT2D eigenvalue weighted by Crippen LogP contribution is -2.22. The van der Waals surface area contributed by atoms with E-state index in [1.807, 2.05) is 24.4 Å². The van der Waals surface area contributed by atoms with Gasteiger partial charge in [-0.1, -0.05) is 12.1 Å². The van der Waals surface area contributed by atoms with E-state index in [1.165, 1.54) is 5.56 Å². The smallest absolute Gasteiger partial charge is 0.141 e. The molecular weight excluding hydrogens is 202 g/mol. The molecule has 0 atom stereocenters. The first-order valence-corrected chi connectivity index (χ1v) is 5.41. The van der Waals surface area contributed by atoms with E-state index in [0.717, 1.165) is 30.9 Å². The largest absolute Gasteiger partial charge is 0.506 e. The van der Waals surface area contributed by atoms with Crippen LogP contribution in [0.1, 0.15) is 11.3 Å². The molecule has 0 bridgehead atoms. The average molecular weight is 215 g/mol. The predicted molar refractivity (Wildman–Crippen MR) is 60.6 cm³/mol. The van der Waals surface area contributed by atoms with Crippen LogP contribution in [-0.4, -0.2) is 21.4 Å². The van der Waals surface area contributed by atoms with Gasteiger partial charge in [-0.15, -0.1) is 0 Å². The number of nitrogens with one attached hydrogen (secondary N) is 1. The summed E-state index contributed by atoms with van der Waals surface area (Å²) in [5, 5.41) is 17.6. The maximum Gasteiger partial charge on any atom is 0.141 e. The Morgan fingerprint density at radius 3 is 3.00 bits per heavy atom. The molecule has 82 valence electrons. The number of rotatable bonds is 1. The van der Waals surface area contributed by atoms with Crippen molar-refractivity contribution in [1.82, 2.24) is 15.1 Å². The van der Waals surface area contributed by atoms with E-state index in [0.29, 0.717) is 0 Å². The lowest BCUT2D eigenvalue weighted by Gasteiger charge is -2.09. The van der Waals surface area contributed by atoms with E-state index >= 15 is 0 Å². The highest BCUT2D eigenvalue weighted by Gasteiger charge is 2.14. The van der Waals surface area contributed by atoms with Crippen LogP contribution in [0.15, 0.2) is 30.5 Å². The molecule has 0 spiro atoms. The first-order valence-electron chi connectivity index (χ1n) is 5.41. The highest BCUT2D eigenvalue weighted by atomic mass is 16.3. The van der Waals surface area contributed by atoms with Crippen LogP contribution in [0.5, 0.6) is 5.75 Å². The zero-order valence-electron chi connectivity index (χ0n) is 8.85. The maximum atomic E-state index is 9.75. The van der Waals surface area contributed by atoms with Gasteiger partial charge in [0.2, 0.25) is 0 Å². The van der Waals surface area contributed by atoms with Gasteiger partial charge in [-0.25, -0.2) is 4.68 Å². The molecule has 2 heterocycles. The molecule has 1 aliphatic heterocycles. The first-order chi connectivity index (χ1) is 7.84. The molecule has 0 saturated heterocycles. The fourth-order valence-corrected chi connectivity index (χ4v) is 2.01. The van der Waals surface area contributed by atoms with E-state index in [1.54, 1.807) is 10.7 Å². The summed E-state index contributed by atoms with van der Waals surface area (Å²) in [7, 11) is 0. The van der Waals surface area contributed by atoms with Crippen LogP contribution < -0.4 is 5.32 Å². The molecule has 1 aromatic heterocycles. The van der Waals surface area contributed by atoms with Crippen LogP contribution >= 0.6 is 0 Å².